The van der Waals surface area contributed by atoms with E-state index in [1.807, 2.05) is 32.9 Å². The van der Waals surface area contributed by atoms with E-state index in [1.54, 1.807) is 0 Å². The number of Topliss-reactive ketones (excluding diaryl/α,β-unsaturated/α-hetero) is 1. The predicted molar refractivity (Wildman–Crippen MR) is 231 cm³/mol. The van der Waals surface area contributed by atoms with Gasteiger partial charge in [0.25, 0.3) is 0 Å². The van der Waals surface area contributed by atoms with Crippen LogP contribution in [0.5, 0.6) is 0 Å². The van der Waals surface area contributed by atoms with Crippen molar-refractivity contribution in [3.05, 3.63) is 29.6 Å². The molecule has 0 saturated heterocycles. The van der Waals surface area contributed by atoms with Gasteiger partial charge in [-0.05, 0) is 57.6 Å². The summed E-state index contributed by atoms with van der Waals surface area (Å²) in [7, 11) is 3.54. The molecular formula is C42H73GdN7O15. The number of aliphatic hydroxyl groups excluding tert-OH is 7. The Morgan fingerprint density at radius 1 is 0.569 bits per heavy atom. The monoisotopic (exact) mass is 1070 g/mol. The van der Waals surface area contributed by atoms with E-state index in [-0.39, 0.29) is 117 Å². The molecule has 0 saturated carbocycles. The van der Waals surface area contributed by atoms with Gasteiger partial charge >= 0.3 is 11.9 Å². The number of hydrogen-bond acceptors (Lipinski definition) is 19. The molecule has 10 N–H and O–H groups in total. The van der Waals surface area contributed by atoms with Gasteiger partial charge in [-0.1, -0.05) is 6.07 Å². The molecule has 65 heavy (non-hydrogen) atoms. The molecule has 2 bridgehead atoms. The van der Waals surface area contributed by atoms with Crippen LogP contribution in [0, 0.1) is 57.7 Å². The fourth-order valence-corrected chi connectivity index (χ4v) is 7.19. The second-order valence-electron chi connectivity index (χ2n) is 15.3. The Bertz CT molecular complexity index is 1540. The van der Waals surface area contributed by atoms with E-state index in [2.05, 4.69) is 16.0 Å². The van der Waals surface area contributed by atoms with E-state index < -0.39 is 105 Å². The van der Waals surface area contributed by atoms with Crippen LogP contribution in [0.4, 0.5) is 0 Å². The molecule has 1 aromatic heterocycles. The zero-order valence-electron chi connectivity index (χ0n) is 38.1. The number of hydrogen-bond donors (Lipinski definition) is 10. The number of methoxy groups -OCH3 is 2. The first kappa shape index (κ1) is 62.1. The molecule has 23 heteroatoms. The van der Waals surface area contributed by atoms with Crippen molar-refractivity contribution in [3.63, 3.8) is 0 Å². The number of pyridine rings is 1. The van der Waals surface area contributed by atoms with Crippen LogP contribution in [-0.4, -0.2) is 216 Å². The van der Waals surface area contributed by atoms with Gasteiger partial charge in [0.1, 0.15) is 17.9 Å². The first-order valence-corrected chi connectivity index (χ1v) is 21.6. The quantitative estimate of drug-likeness (QED) is 0.0298. The second kappa shape index (κ2) is 36.2. The number of amides is 3. The molecule has 0 radical (unpaired) electrons. The maximum Gasteiger partial charge on any atom is 0.323 e. The molecular weight excluding hydrogens is 1000 g/mol. The molecule has 1 aromatic rings. The van der Waals surface area contributed by atoms with E-state index in [9.17, 15) is 59.4 Å². The average molecular weight is 1070 g/mol. The van der Waals surface area contributed by atoms with Gasteiger partial charge in [-0.2, -0.15) is 0 Å². The van der Waals surface area contributed by atoms with Crippen LogP contribution >= 0.6 is 0 Å². The van der Waals surface area contributed by atoms with Crippen molar-refractivity contribution in [2.45, 2.75) is 76.7 Å². The number of carbonyl (C=O) groups is 6. The van der Waals surface area contributed by atoms with Crippen LogP contribution < -0.4 is 16.0 Å². The maximum absolute atomic E-state index is 13.6. The van der Waals surface area contributed by atoms with Gasteiger partial charge in [-0.25, -0.2) is 0 Å². The molecule has 374 valence electrons. The van der Waals surface area contributed by atoms with Crippen LogP contribution in [-0.2, 0) is 51.3 Å². The van der Waals surface area contributed by atoms with E-state index in [0.29, 0.717) is 37.1 Å². The van der Waals surface area contributed by atoms with Gasteiger partial charge in [0.05, 0.1) is 89.0 Å². The molecule has 2 rings (SSSR count). The van der Waals surface area contributed by atoms with Crippen LogP contribution in [0.25, 0.3) is 0 Å². The number of carbonyl (C=O) groups excluding carboxylic acids is 6. The summed E-state index contributed by atoms with van der Waals surface area (Å²) < 4.78 is 10.5. The van der Waals surface area contributed by atoms with Gasteiger partial charge in [-0.3, -0.25) is 48.5 Å². The Morgan fingerprint density at radius 2 is 0.877 bits per heavy atom. The van der Waals surface area contributed by atoms with Crippen LogP contribution in [0.2, 0.25) is 0 Å². The third-order valence-corrected chi connectivity index (χ3v) is 11.0. The standard InChI is InChI=1S/C41H69N7O14.CH4O.Gd/c1-28(55)34(10-5-13-42-37(56)29(22-49)23-50)47-18-16-46(35(40(59)61-2)11-6-14-43-38(57)30(24-51)25-52)17-19-48(21-33-9-4-8-32(20-47)45-33)36(41(60)62-3)12-7-15-44-39(58)31(26-53)27-54;1-2;/h4,8-9,29-31,34-36,49-54H,5-7,10-27H2,1-3H3,(H,42,56)(H,43,57)(H,44,58);2H,1H3;. The molecule has 22 nitrogen and oxygen atoms in total. The fourth-order valence-electron chi connectivity index (χ4n) is 7.19. The third kappa shape index (κ3) is 22.2. The number of esters is 2. The molecule has 0 fully saturated rings. The minimum absolute atomic E-state index is 0. The van der Waals surface area contributed by atoms with Crippen molar-refractivity contribution in [1.82, 2.24) is 35.6 Å². The summed E-state index contributed by atoms with van der Waals surface area (Å²) in [6.07, 6.45) is 1.85. The SMILES string of the molecule is CO.COC(=O)C(CCCNC(=O)C(CO)CO)N1CCN(C(CCCNC(=O)C(CO)CO)C(C)=O)Cc2cccc(n2)CN(C(CCCNC(=O)C(CO)CO)C(=O)OC)CC1.[Gd]. The summed E-state index contributed by atoms with van der Waals surface area (Å²) in [4.78, 5) is 88.2. The van der Waals surface area contributed by atoms with Crippen molar-refractivity contribution < 1.29 is 114 Å². The Kier molecular flexibility index (Phi) is 34.6. The van der Waals surface area contributed by atoms with Crippen molar-refractivity contribution >= 4 is 35.4 Å². The topological polar surface area (TPSA) is 321 Å². The summed E-state index contributed by atoms with van der Waals surface area (Å²) in [5.74, 6) is -5.71. The Morgan fingerprint density at radius 3 is 1.20 bits per heavy atom. The van der Waals surface area contributed by atoms with E-state index in [1.165, 1.54) is 21.1 Å². The zero-order chi connectivity index (χ0) is 48.0. The molecule has 0 aliphatic carbocycles. The van der Waals surface area contributed by atoms with E-state index in [4.69, 9.17) is 19.6 Å². The Labute approximate surface area is 413 Å². The van der Waals surface area contributed by atoms with Crippen molar-refractivity contribution in [2.75, 3.05) is 107 Å². The molecule has 1 aliphatic heterocycles. The molecule has 3 atom stereocenters. The number of nitrogens with one attached hydrogen (secondary N) is 3. The summed E-state index contributed by atoms with van der Waals surface area (Å²) in [5.41, 5.74) is 1.24. The van der Waals surface area contributed by atoms with Crippen LogP contribution in [0.3, 0.4) is 0 Å². The van der Waals surface area contributed by atoms with Gasteiger partial charge in [0.2, 0.25) is 17.7 Å². The zero-order valence-corrected chi connectivity index (χ0v) is 40.4. The Balaban J connectivity index is 0.0000135. The first-order chi connectivity index (χ1) is 30.8. The number of fused-ring (bicyclic) bond motifs is 2. The molecule has 2 heterocycles. The summed E-state index contributed by atoms with van der Waals surface area (Å²) >= 11 is 0. The average Bonchev–Trinajstić information content (AvgIpc) is 3.29. The molecule has 1 aliphatic rings. The summed E-state index contributed by atoms with van der Waals surface area (Å²) in [5, 5.41) is 71.4. The number of aliphatic hydroxyl groups is 7. The minimum atomic E-state index is -0.993. The number of aromatic nitrogens is 1. The van der Waals surface area contributed by atoms with Gasteiger partial charge in [0, 0.05) is 106 Å². The second-order valence-corrected chi connectivity index (χ2v) is 15.3. The number of ketones is 1. The van der Waals surface area contributed by atoms with Crippen molar-refractivity contribution in [1.29, 1.82) is 0 Å². The minimum Gasteiger partial charge on any atom is -0.468 e. The first-order valence-electron chi connectivity index (χ1n) is 21.6. The van der Waals surface area contributed by atoms with Crippen LogP contribution in [0.1, 0.15) is 56.8 Å². The molecule has 3 unspecified atom stereocenters. The molecule has 0 aromatic carbocycles. The smallest absolute Gasteiger partial charge is 0.323 e. The molecule has 0 spiro atoms. The number of rotatable bonds is 27. The normalized spacial score (nSPS) is 15.2. The largest absolute Gasteiger partial charge is 0.468 e. The third-order valence-electron chi connectivity index (χ3n) is 11.0. The summed E-state index contributed by atoms with van der Waals surface area (Å²) in [6, 6.07) is 3.17. The summed E-state index contributed by atoms with van der Waals surface area (Å²) in [6.45, 7) is 0.146. The van der Waals surface area contributed by atoms with Crippen molar-refractivity contribution in [3.8, 4) is 0 Å². The predicted octanol–water partition coefficient (Wildman–Crippen LogP) is -3.86. The molecule has 3 amide bonds. The number of nitrogens with zero attached hydrogens (tertiary/aromatic N) is 4. The van der Waals surface area contributed by atoms with Gasteiger partial charge < -0.3 is 61.2 Å². The maximum atomic E-state index is 13.6. The van der Waals surface area contributed by atoms with Crippen molar-refractivity contribution in [2.24, 2.45) is 17.8 Å². The Hall–Kier alpha value is -2.91. The van der Waals surface area contributed by atoms with Crippen LogP contribution in [0.15, 0.2) is 18.2 Å². The van der Waals surface area contributed by atoms with E-state index >= 15 is 0 Å². The fraction of sp³-hybridized carbons (Fsp3) is 0.738. The van der Waals surface area contributed by atoms with Gasteiger partial charge in [-0.15, -0.1) is 0 Å². The number of ether oxygens (including phenoxy) is 2. The van der Waals surface area contributed by atoms with Gasteiger partial charge in [0.15, 0.2) is 0 Å². The van der Waals surface area contributed by atoms with E-state index in [0.717, 1.165) is 7.11 Å².